The van der Waals surface area contributed by atoms with Crippen molar-refractivity contribution >= 4 is 17.5 Å². The van der Waals surface area contributed by atoms with Crippen LogP contribution < -0.4 is 20.7 Å². The highest BCUT2D eigenvalue weighted by Gasteiger charge is 2.45. The molecule has 0 radical (unpaired) electrons. The molecule has 0 spiro atoms. The van der Waals surface area contributed by atoms with Gasteiger partial charge in [0, 0.05) is 12.0 Å². The third kappa shape index (κ3) is 4.02. The lowest BCUT2D eigenvalue weighted by Gasteiger charge is -2.42. The van der Waals surface area contributed by atoms with Crippen LogP contribution in [0.25, 0.3) is 0 Å². The van der Waals surface area contributed by atoms with E-state index in [9.17, 15) is 18.4 Å². The van der Waals surface area contributed by atoms with Gasteiger partial charge in [0.2, 0.25) is 11.8 Å². The van der Waals surface area contributed by atoms with Crippen LogP contribution in [-0.4, -0.2) is 48.0 Å². The molecule has 1 saturated heterocycles. The third-order valence-electron chi connectivity index (χ3n) is 5.61. The maximum absolute atomic E-state index is 13.3. The molecule has 152 valence electrons. The maximum atomic E-state index is 13.3. The van der Waals surface area contributed by atoms with E-state index in [4.69, 9.17) is 10.5 Å². The highest BCUT2D eigenvalue weighted by atomic mass is 19.3. The Hall–Kier alpha value is -2.45. The minimum Gasteiger partial charge on any atom is -0.476 e. The number of hydrogen-bond donors (Lipinski definition) is 2. The number of aromatic nitrogens is 1. The molecular weight excluding hydrogens is 370 g/mol. The van der Waals surface area contributed by atoms with E-state index in [1.807, 2.05) is 0 Å². The molecule has 3 fully saturated rings. The average Bonchev–Trinajstić information content (AvgIpc) is 3.39. The van der Waals surface area contributed by atoms with Gasteiger partial charge in [-0.3, -0.25) is 9.59 Å². The Morgan fingerprint density at radius 2 is 2.00 bits per heavy atom. The van der Waals surface area contributed by atoms with Gasteiger partial charge in [-0.25, -0.2) is 13.8 Å². The first-order valence-electron chi connectivity index (χ1n) is 9.63. The predicted octanol–water partition coefficient (Wildman–Crippen LogP) is 1.85. The SMILES string of the molecule is NC(=O)CC1(NC(=O)c2ccc(N3CC(F)(F)C3)c(OCC3CC3)n2)CCC1. The van der Waals surface area contributed by atoms with Gasteiger partial charge >= 0.3 is 0 Å². The number of nitrogens with two attached hydrogens (primary N) is 1. The number of nitrogens with one attached hydrogen (secondary N) is 1. The van der Waals surface area contributed by atoms with E-state index in [0.717, 1.165) is 19.3 Å². The lowest BCUT2D eigenvalue weighted by molar-refractivity contribution is -0.120. The van der Waals surface area contributed by atoms with E-state index >= 15 is 0 Å². The lowest BCUT2D eigenvalue weighted by atomic mass is 9.74. The number of pyridine rings is 1. The minimum absolute atomic E-state index is 0.0880. The summed E-state index contributed by atoms with van der Waals surface area (Å²) in [6.45, 7) is -0.315. The molecule has 0 unspecified atom stereocenters. The zero-order valence-electron chi connectivity index (χ0n) is 15.5. The minimum atomic E-state index is -2.71. The summed E-state index contributed by atoms with van der Waals surface area (Å²) in [5, 5.41) is 2.88. The Labute approximate surface area is 161 Å². The lowest BCUT2D eigenvalue weighted by Crippen LogP contribution is -2.56. The number of primary amides is 1. The van der Waals surface area contributed by atoms with E-state index in [1.54, 1.807) is 6.07 Å². The molecule has 28 heavy (non-hydrogen) atoms. The summed E-state index contributed by atoms with van der Waals surface area (Å²) in [5.74, 6) is -2.94. The highest BCUT2D eigenvalue weighted by molar-refractivity contribution is 5.94. The van der Waals surface area contributed by atoms with E-state index < -0.39 is 23.3 Å². The van der Waals surface area contributed by atoms with Gasteiger partial charge in [0.05, 0.1) is 19.7 Å². The fraction of sp³-hybridized carbons (Fsp3) is 0.632. The fourth-order valence-electron chi connectivity index (χ4n) is 3.66. The topological polar surface area (TPSA) is 97.5 Å². The van der Waals surface area contributed by atoms with Crippen molar-refractivity contribution in [2.45, 2.75) is 50.0 Å². The summed E-state index contributed by atoms with van der Waals surface area (Å²) in [4.78, 5) is 29.8. The molecule has 0 bridgehead atoms. The first-order chi connectivity index (χ1) is 13.3. The van der Waals surface area contributed by atoms with Crippen LogP contribution in [-0.2, 0) is 4.79 Å². The number of hydrogen-bond acceptors (Lipinski definition) is 5. The van der Waals surface area contributed by atoms with Gasteiger partial charge < -0.3 is 20.7 Å². The molecule has 9 heteroatoms. The largest absolute Gasteiger partial charge is 0.476 e. The molecule has 2 heterocycles. The van der Waals surface area contributed by atoms with Crippen molar-refractivity contribution in [2.24, 2.45) is 11.7 Å². The van der Waals surface area contributed by atoms with Gasteiger partial charge in [-0.1, -0.05) is 0 Å². The molecule has 7 nitrogen and oxygen atoms in total. The number of rotatable bonds is 8. The number of nitrogens with zero attached hydrogens (tertiary/aromatic N) is 2. The second kappa shape index (κ2) is 6.86. The summed E-state index contributed by atoms with van der Waals surface area (Å²) in [5.41, 5.74) is 5.30. The molecule has 2 aliphatic carbocycles. The van der Waals surface area contributed by atoms with Gasteiger partial charge in [-0.15, -0.1) is 0 Å². The van der Waals surface area contributed by atoms with Crippen LogP contribution in [0.2, 0.25) is 0 Å². The van der Waals surface area contributed by atoms with Crippen molar-refractivity contribution in [3.05, 3.63) is 17.8 Å². The van der Waals surface area contributed by atoms with Gasteiger partial charge in [0.1, 0.15) is 11.4 Å². The van der Waals surface area contributed by atoms with Crippen molar-refractivity contribution in [2.75, 3.05) is 24.6 Å². The number of alkyl halides is 2. The fourth-order valence-corrected chi connectivity index (χ4v) is 3.66. The average molecular weight is 394 g/mol. The highest BCUT2D eigenvalue weighted by Crippen LogP contribution is 2.38. The predicted molar refractivity (Wildman–Crippen MR) is 97.5 cm³/mol. The third-order valence-corrected chi connectivity index (χ3v) is 5.61. The Morgan fingerprint density at radius 3 is 2.54 bits per heavy atom. The molecule has 1 aromatic rings. The molecule has 2 saturated carbocycles. The molecule has 0 aromatic carbocycles. The normalized spacial score (nSPS) is 22.0. The molecule has 1 aromatic heterocycles. The molecular formula is C19H24F2N4O3. The van der Waals surface area contributed by atoms with Crippen molar-refractivity contribution in [3.63, 3.8) is 0 Å². The molecule has 2 amide bonds. The molecule has 3 N–H and O–H groups in total. The Bertz CT molecular complexity index is 785. The monoisotopic (exact) mass is 394 g/mol. The Balaban J connectivity index is 1.51. The van der Waals surface area contributed by atoms with Crippen LogP contribution in [0.1, 0.15) is 49.0 Å². The van der Waals surface area contributed by atoms with Gasteiger partial charge in [0.15, 0.2) is 0 Å². The molecule has 4 rings (SSSR count). The van der Waals surface area contributed by atoms with Gasteiger partial charge in [0.25, 0.3) is 11.8 Å². The van der Waals surface area contributed by atoms with E-state index in [2.05, 4.69) is 10.3 Å². The maximum Gasteiger partial charge on any atom is 0.282 e. The number of halogens is 2. The Kier molecular flexibility index (Phi) is 4.63. The summed E-state index contributed by atoms with van der Waals surface area (Å²) in [6, 6.07) is 3.10. The number of carbonyl (C=O) groups is 2. The number of ether oxygens (including phenoxy) is 1. The van der Waals surface area contributed by atoms with Gasteiger partial charge in [-0.2, -0.15) is 0 Å². The first-order valence-corrected chi connectivity index (χ1v) is 9.63. The van der Waals surface area contributed by atoms with Crippen LogP contribution in [0.5, 0.6) is 5.88 Å². The van der Waals surface area contributed by atoms with Crippen molar-refractivity contribution < 1.29 is 23.1 Å². The number of amides is 2. The molecule has 1 aliphatic heterocycles. The quantitative estimate of drug-likeness (QED) is 0.701. The molecule has 0 atom stereocenters. The van der Waals surface area contributed by atoms with Crippen molar-refractivity contribution in [3.8, 4) is 5.88 Å². The number of carbonyl (C=O) groups excluding carboxylic acids is 2. The second-order valence-electron chi connectivity index (χ2n) is 8.22. The van der Waals surface area contributed by atoms with Crippen molar-refractivity contribution in [1.29, 1.82) is 0 Å². The number of anilines is 1. The van der Waals surface area contributed by atoms with E-state index in [-0.39, 0.29) is 31.1 Å². The summed E-state index contributed by atoms with van der Waals surface area (Å²) >= 11 is 0. The Morgan fingerprint density at radius 1 is 1.29 bits per heavy atom. The zero-order chi connectivity index (χ0) is 19.9. The first kappa shape index (κ1) is 18.9. The second-order valence-corrected chi connectivity index (χ2v) is 8.22. The van der Waals surface area contributed by atoms with Crippen LogP contribution in [0, 0.1) is 5.92 Å². The summed E-state index contributed by atoms with van der Waals surface area (Å²) in [6.07, 6.45) is 4.53. The van der Waals surface area contributed by atoms with E-state index in [1.165, 1.54) is 11.0 Å². The van der Waals surface area contributed by atoms with Crippen LogP contribution in [0.3, 0.4) is 0 Å². The van der Waals surface area contributed by atoms with Crippen LogP contribution in [0.15, 0.2) is 12.1 Å². The van der Waals surface area contributed by atoms with E-state index in [0.29, 0.717) is 31.1 Å². The van der Waals surface area contributed by atoms with Crippen LogP contribution >= 0.6 is 0 Å². The zero-order valence-corrected chi connectivity index (χ0v) is 15.5. The van der Waals surface area contributed by atoms with Crippen LogP contribution in [0.4, 0.5) is 14.5 Å². The molecule has 3 aliphatic rings. The summed E-state index contributed by atoms with van der Waals surface area (Å²) < 4.78 is 32.3. The summed E-state index contributed by atoms with van der Waals surface area (Å²) in [7, 11) is 0. The van der Waals surface area contributed by atoms with Gasteiger partial charge in [-0.05, 0) is 50.2 Å². The smallest absolute Gasteiger partial charge is 0.282 e. The standard InChI is InChI=1S/C19H24F2N4O3/c20-19(21)10-25(11-19)14-5-4-13(23-17(14)28-9-12-2-3-12)16(27)24-18(6-1-7-18)8-15(22)26/h4-5,12H,1-3,6-11H2,(H2,22,26)(H,24,27). The van der Waals surface area contributed by atoms with Crippen molar-refractivity contribution in [1.82, 2.24) is 10.3 Å².